The van der Waals surface area contributed by atoms with Crippen LogP contribution in [0.1, 0.15) is 10.4 Å². The highest BCUT2D eigenvalue weighted by Gasteiger charge is 2.18. The van der Waals surface area contributed by atoms with Crippen LogP contribution in [0.3, 0.4) is 0 Å². The van der Waals surface area contributed by atoms with E-state index in [9.17, 15) is 9.18 Å². The van der Waals surface area contributed by atoms with Gasteiger partial charge in [-0.15, -0.1) is 4.80 Å². The molecule has 0 spiro atoms. The van der Waals surface area contributed by atoms with Crippen LogP contribution < -0.4 is 11.1 Å². The van der Waals surface area contributed by atoms with Gasteiger partial charge in [0.25, 0.3) is 12.4 Å². The van der Waals surface area contributed by atoms with E-state index in [-0.39, 0.29) is 33.6 Å². The lowest BCUT2D eigenvalue weighted by molar-refractivity contribution is -0.122. The summed E-state index contributed by atoms with van der Waals surface area (Å²) >= 11 is 12.5. The number of nitrogens with one attached hydrogen (secondary N) is 1. The number of pyridine rings is 2. The number of amides is 1. The van der Waals surface area contributed by atoms with Crippen LogP contribution in [-0.4, -0.2) is 42.4 Å². The second-order valence-electron chi connectivity index (χ2n) is 6.18. The van der Waals surface area contributed by atoms with Crippen molar-refractivity contribution in [3.63, 3.8) is 0 Å². The highest BCUT2D eigenvalue weighted by Crippen LogP contribution is 2.33. The van der Waals surface area contributed by atoms with Gasteiger partial charge in [0.2, 0.25) is 0 Å². The maximum atomic E-state index is 14.7. The summed E-state index contributed by atoms with van der Waals surface area (Å²) in [5.41, 5.74) is 7.10. The molecule has 4 rings (SSSR count). The number of rotatable bonds is 4. The fourth-order valence-electron chi connectivity index (χ4n) is 2.75. The SMILES string of the molecule is Nc1cnccc1-c1cc(F)c(C(=O)Nc2cnc(-n3nccn3)c(Cl)c2)cc1Cl.O=CO. The molecule has 0 unspecified atom stereocenters. The zero-order chi connectivity index (χ0) is 24.0. The zero-order valence-electron chi connectivity index (χ0n) is 16.5. The molecule has 0 aliphatic rings. The van der Waals surface area contributed by atoms with E-state index in [1.807, 2.05) is 0 Å². The highest BCUT2D eigenvalue weighted by molar-refractivity contribution is 6.34. The molecule has 0 saturated heterocycles. The Kier molecular flexibility index (Phi) is 7.49. The van der Waals surface area contributed by atoms with Gasteiger partial charge >= 0.3 is 0 Å². The lowest BCUT2D eigenvalue weighted by Crippen LogP contribution is -2.15. The fourth-order valence-corrected chi connectivity index (χ4v) is 3.26. The number of carbonyl (C=O) groups excluding carboxylic acids is 1. The Balaban J connectivity index is 0.000000968. The van der Waals surface area contributed by atoms with Gasteiger partial charge in [0.1, 0.15) is 5.82 Å². The number of hydrogen-bond donors (Lipinski definition) is 3. The Labute approximate surface area is 195 Å². The number of aromatic nitrogens is 5. The van der Waals surface area contributed by atoms with Crippen molar-refractivity contribution >= 4 is 47.0 Å². The maximum Gasteiger partial charge on any atom is 0.290 e. The van der Waals surface area contributed by atoms with E-state index < -0.39 is 11.7 Å². The van der Waals surface area contributed by atoms with E-state index in [1.54, 1.807) is 6.07 Å². The fraction of sp³-hybridized carbons (Fsp3) is 0. The summed E-state index contributed by atoms with van der Waals surface area (Å²) in [6, 6.07) is 5.45. The van der Waals surface area contributed by atoms with Gasteiger partial charge < -0.3 is 16.2 Å². The van der Waals surface area contributed by atoms with Gasteiger partial charge in [-0.2, -0.15) is 10.2 Å². The first-order chi connectivity index (χ1) is 15.8. The third-order valence-electron chi connectivity index (χ3n) is 4.13. The Morgan fingerprint density at radius 2 is 1.79 bits per heavy atom. The average molecular weight is 490 g/mol. The van der Waals surface area contributed by atoms with Gasteiger partial charge in [-0.3, -0.25) is 14.6 Å². The standard InChI is InChI=1S/C19H12Cl2FN7O.CH2O2/c20-14-6-13(16(22)7-12(14)11-1-2-24-9-17(11)23)19(30)28-10-5-15(21)18(25-8-10)29-26-3-4-27-29;2-1-3/h1-9H,23H2,(H,28,30);1H,(H,2,3). The van der Waals surface area contributed by atoms with Gasteiger partial charge in [0.05, 0.1) is 46.7 Å². The van der Waals surface area contributed by atoms with Crippen molar-refractivity contribution in [2.75, 3.05) is 11.1 Å². The van der Waals surface area contributed by atoms with Crippen LogP contribution in [0.2, 0.25) is 10.0 Å². The predicted molar refractivity (Wildman–Crippen MR) is 120 cm³/mol. The molecule has 168 valence electrons. The van der Waals surface area contributed by atoms with Crippen molar-refractivity contribution in [2.24, 2.45) is 0 Å². The number of nitrogens with two attached hydrogens (primary N) is 1. The molecule has 1 aromatic carbocycles. The molecule has 1 amide bonds. The Morgan fingerprint density at radius 1 is 1.09 bits per heavy atom. The normalized spacial score (nSPS) is 10.2. The first kappa shape index (κ1) is 23.6. The lowest BCUT2D eigenvalue weighted by atomic mass is 10.0. The molecule has 4 aromatic rings. The highest BCUT2D eigenvalue weighted by atomic mass is 35.5. The maximum absolute atomic E-state index is 14.7. The Bertz CT molecular complexity index is 1300. The third-order valence-corrected chi connectivity index (χ3v) is 4.72. The van der Waals surface area contributed by atoms with Crippen molar-refractivity contribution in [3.8, 4) is 16.9 Å². The van der Waals surface area contributed by atoms with Crippen LogP contribution >= 0.6 is 23.2 Å². The van der Waals surface area contributed by atoms with Crippen molar-refractivity contribution in [2.45, 2.75) is 0 Å². The molecule has 3 heterocycles. The number of halogens is 3. The quantitative estimate of drug-likeness (QED) is 0.367. The van der Waals surface area contributed by atoms with Crippen LogP contribution in [-0.2, 0) is 4.79 Å². The molecular weight excluding hydrogens is 476 g/mol. The van der Waals surface area contributed by atoms with Gasteiger partial charge in [-0.25, -0.2) is 9.37 Å². The van der Waals surface area contributed by atoms with Crippen LogP contribution in [0.25, 0.3) is 16.9 Å². The molecule has 0 fully saturated rings. The zero-order valence-corrected chi connectivity index (χ0v) is 18.0. The van der Waals surface area contributed by atoms with Crippen LogP contribution in [0, 0.1) is 5.82 Å². The molecule has 33 heavy (non-hydrogen) atoms. The number of anilines is 2. The number of carboxylic acid groups (broad SMARTS) is 1. The van der Waals surface area contributed by atoms with Crippen LogP contribution in [0.15, 0.2) is 55.2 Å². The first-order valence-corrected chi connectivity index (χ1v) is 9.71. The molecule has 3 aromatic heterocycles. The smallest absolute Gasteiger partial charge is 0.290 e. The topological polar surface area (TPSA) is 149 Å². The van der Waals surface area contributed by atoms with E-state index in [4.69, 9.17) is 38.8 Å². The summed E-state index contributed by atoms with van der Waals surface area (Å²) in [6.07, 6.45) is 7.25. The van der Waals surface area contributed by atoms with Gasteiger partial charge in [0.15, 0.2) is 5.82 Å². The summed E-state index contributed by atoms with van der Waals surface area (Å²) in [5, 5.41) is 17.7. The number of benzene rings is 1. The molecule has 4 N–H and O–H groups in total. The lowest BCUT2D eigenvalue weighted by Gasteiger charge is -2.11. The first-order valence-electron chi connectivity index (χ1n) is 8.96. The minimum Gasteiger partial charge on any atom is -0.483 e. The van der Waals surface area contributed by atoms with Crippen molar-refractivity contribution < 1.29 is 19.1 Å². The summed E-state index contributed by atoms with van der Waals surface area (Å²) in [5.74, 6) is -1.20. The predicted octanol–water partition coefficient (Wildman–Crippen LogP) is 3.71. The summed E-state index contributed by atoms with van der Waals surface area (Å²) in [6.45, 7) is -0.250. The van der Waals surface area contributed by atoms with Gasteiger partial charge in [0, 0.05) is 22.3 Å². The average Bonchev–Trinajstić information content (AvgIpc) is 3.31. The number of carbonyl (C=O) groups is 2. The molecule has 0 aliphatic carbocycles. The largest absolute Gasteiger partial charge is 0.483 e. The molecule has 0 saturated carbocycles. The minimum absolute atomic E-state index is 0.163. The number of nitrogens with zero attached hydrogens (tertiary/aromatic N) is 5. The van der Waals surface area contributed by atoms with Gasteiger partial charge in [-0.1, -0.05) is 23.2 Å². The number of hydrogen-bond acceptors (Lipinski definition) is 7. The molecular formula is C20H14Cl2FN7O3. The molecule has 0 bridgehead atoms. The van der Waals surface area contributed by atoms with E-state index >= 15 is 0 Å². The third kappa shape index (κ3) is 5.40. The Hall–Kier alpha value is -4.09. The second kappa shape index (κ2) is 10.5. The number of nitrogen functional groups attached to an aromatic ring is 1. The van der Waals surface area contributed by atoms with E-state index in [1.165, 1.54) is 47.9 Å². The van der Waals surface area contributed by atoms with Crippen molar-refractivity contribution in [1.82, 2.24) is 25.0 Å². The van der Waals surface area contributed by atoms with Gasteiger partial charge in [-0.05, 0) is 24.3 Å². The van der Waals surface area contributed by atoms with E-state index in [2.05, 4.69) is 25.5 Å². The molecule has 0 aliphatic heterocycles. The Morgan fingerprint density at radius 3 is 2.42 bits per heavy atom. The van der Waals surface area contributed by atoms with Crippen LogP contribution in [0.4, 0.5) is 15.8 Å². The summed E-state index contributed by atoms with van der Waals surface area (Å²) < 4.78 is 14.7. The minimum atomic E-state index is -0.764. The van der Waals surface area contributed by atoms with Crippen molar-refractivity contribution in [3.05, 3.63) is 76.7 Å². The summed E-state index contributed by atoms with van der Waals surface area (Å²) in [7, 11) is 0. The second-order valence-corrected chi connectivity index (χ2v) is 7.00. The molecule has 13 heteroatoms. The molecule has 0 radical (unpaired) electrons. The van der Waals surface area contributed by atoms with E-state index in [0.29, 0.717) is 16.8 Å². The molecule has 0 atom stereocenters. The van der Waals surface area contributed by atoms with E-state index in [0.717, 1.165) is 6.07 Å². The van der Waals surface area contributed by atoms with Crippen LogP contribution in [0.5, 0.6) is 0 Å². The molecule has 10 nitrogen and oxygen atoms in total. The summed E-state index contributed by atoms with van der Waals surface area (Å²) in [4.78, 5) is 30.2. The monoisotopic (exact) mass is 489 g/mol. The van der Waals surface area contributed by atoms with Crippen molar-refractivity contribution in [1.29, 1.82) is 0 Å².